The minimum atomic E-state index is -1.20. The lowest BCUT2D eigenvalue weighted by molar-refractivity contribution is -0.137. The molecule has 0 aliphatic rings. The van der Waals surface area contributed by atoms with Crippen LogP contribution in [-0.4, -0.2) is 36.2 Å². The number of anilines is 1. The maximum atomic E-state index is 14.6. The molecule has 4 rings (SSSR count). The number of carbonyl (C=O) groups is 2. The Bertz CT molecular complexity index is 1460. The predicted octanol–water partition coefficient (Wildman–Crippen LogP) is 4.14. The van der Waals surface area contributed by atoms with E-state index in [0.717, 1.165) is 10.8 Å². The fourth-order valence-corrected chi connectivity index (χ4v) is 4.26. The van der Waals surface area contributed by atoms with Crippen molar-refractivity contribution in [2.45, 2.75) is 18.5 Å². The summed E-state index contributed by atoms with van der Waals surface area (Å²) < 4.78 is 25.3. The molecule has 0 radical (unpaired) electrons. The van der Waals surface area contributed by atoms with Gasteiger partial charge in [-0.15, -0.1) is 0 Å². The van der Waals surface area contributed by atoms with Crippen LogP contribution in [0.15, 0.2) is 79.1 Å². The van der Waals surface area contributed by atoms with Crippen molar-refractivity contribution in [3.8, 4) is 11.5 Å². The van der Waals surface area contributed by atoms with Crippen molar-refractivity contribution in [3.05, 3.63) is 96.1 Å². The minimum Gasteiger partial charge on any atom is -0.493 e. The Hall–Kier alpha value is -4.70. The van der Waals surface area contributed by atoms with Crippen LogP contribution in [0.4, 0.5) is 10.1 Å². The van der Waals surface area contributed by atoms with Gasteiger partial charge in [-0.25, -0.2) is 10.2 Å². The van der Waals surface area contributed by atoms with Crippen LogP contribution in [0, 0.1) is 5.82 Å². The van der Waals surface area contributed by atoms with E-state index in [9.17, 15) is 19.1 Å². The maximum absolute atomic E-state index is 14.6. The molecule has 0 aliphatic carbocycles. The lowest BCUT2D eigenvalue weighted by Gasteiger charge is -2.31. The molecule has 4 N–H and O–H groups in total. The van der Waals surface area contributed by atoms with E-state index < -0.39 is 36.2 Å². The Kier molecular flexibility index (Phi) is 8.03. The highest BCUT2D eigenvalue weighted by molar-refractivity contribution is 5.90. The Morgan fingerprint density at radius 1 is 1.03 bits per heavy atom. The first-order chi connectivity index (χ1) is 18.3. The van der Waals surface area contributed by atoms with Crippen molar-refractivity contribution in [1.29, 1.82) is 0 Å². The van der Waals surface area contributed by atoms with Gasteiger partial charge in [-0.1, -0.05) is 30.3 Å². The molecule has 196 valence electrons. The molecule has 9 nitrogen and oxygen atoms in total. The number of aromatic nitrogens is 1. The summed E-state index contributed by atoms with van der Waals surface area (Å²) in [6, 6.07) is 15.5. The lowest BCUT2D eigenvalue weighted by Crippen LogP contribution is -2.46. The Balaban J connectivity index is 1.77. The molecule has 1 aromatic heterocycles. The smallest absolute Gasteiger partial charge is 0.305 e. The van der Waals surface area contributed by atoms with Crippen LogP contribution in [0.3, 0.4) is 0 Å². The number of carbonyl (C=O) groups excluding carboxylic acids is 1. The van der Waals surface area contributed by atoms with Gasteiger partial charge in [0.2, 0.25) is 5.91 Å². The second kappa shape index (κ2) is 11.6. The monoisotopic (exact) mass is 518 g/mol. The average molecular weight is 519 g/mol. The number of halogens is 1. The van der Waals surface area contributed by atoms with E-state index in [2.05, 4.69) is 10.3 Å². The molecule has 0 aliphatic heterocycles. The third kappa shape index (κ3) is 5.65. The molecule has 38 heavy (non-hydrogen) atoms. The van der Waals surface area contributed by atoms with Gasteiger partial charge in [0.1, 0.15) is 11.9 Å². The average Bonchev–Trinajstić information content (AvgIpc) is 2.92. The summed E-state index contributed by atoms with van der Waals surface area (Å²) in [6.45, 7) is 0. The molecule has 3 aromatic carbocycles. The molecule has 0 saturated heterocycles. The van der Waals surface area contributed by atoms with Crippen molar-refractivity contribution in [3.63, 3.8) is 0 Å². The third-order valence-electron chi connectivity index (χ3n) is 6.15. The van der Waals surface area contributed by atoms with Crippen LogP contribution in [0.5, 0.6) is 11.5 Å². The number of amides is 1. The van der Waals surface area contributed by atoms with Gasteiger partial charge >= 0.3 is 5.97 Å². The van der Waals surface area contributed by atoms with Crippen LogP contribution in [-0.2, 0) is 9.59 Å². The number of hydrogen-bond donors (Lipinski definition) is 3. The van der Waals surface area contributed by atoms with Crippen LogP contribution < -0.4 is 25.6 Å². The fourth-order valence-electron chi connectivity index (χ4n) is 4.26. The summed E-state index contributed by atoms with van der Waals surface area (Å²) in [7, 11) is 2.96. The van der Waals surface area contributed by atoms with E-state index in [1.165, 1.54) is 37.4 Å². The highest BCUT2D eigenvalue weighted by Crippen LogP contribution is 2.34. The molecule has 1 unspecified atom stereocenters. The zero-order valence-corrected chi connectivity index (χ0v) is 20.8. The highest BCUT2D eigenvalue weighted by Gasteiger charge is 2.31. The molecule has 0 spiro atoms. The number of fused-ring (bicyclic) bond motifs is 1. The van der Waals surface area contributed by atoms with Gasteiger partial charge in [-0.2, -0.15) is 0 Å². The Morgan fingerprint density at radius 2 is 1.79 bits per heavy atom. The quantitative estimate of drug-likeness (QED) is 0.211. The van der Waals surface area contributed by atoms with E-state index in [4.69, 9.17) is 15.3 Å². The van der Waals surface area contributed by atoms with Crippen molar-refractivity contribution in [2.75, 3.05) is 19.2 Å². The first-order valence-corrected chi connectivity index (χ1v) is 11.7. The summed E-state index contributed by atoms with van der Waals surface area (Å²) in [6.07, 6.45) is 2.83. The highest BCUT2D eigenvalue weighted by atomic mass is 19.1. The number of rotatable bonds is 10. The molecule has 2 atom stereocenters. The van der Waals surface area contributed by atoms with Gasteiger partial charge in [-0.05, 0) is 47.3 Å². The topological polar surface area (TPSA) is 127 Å². The summed E-state index contributed by atoms with van der Waals surface area (Å²) in [5.74, 6) is 4.92. The number of pyridine rings is 1. The molecule has 0 saturated carbocycles. The number of carboxylic acid groups (broad SMARTS) is 1. The maximum Gasteiger partial charge on any atom is 0.305 e. The van der Waals surface area contributed by atoms with E-state index in [1.54, 1.807) is 42.7 Å². The second-order valence-corrected chi connectivity index (χ2v) is 8.51. The van der Waals surface area contributed by atoms with Gasteiger partial charge in [0.15, 0.2) is 11.5 Å². The molecule has 1 heterocycles. The number of nitrogens with two attached hydrogens (primary N) is 1. The normalized spacial score (nSPS) is 12.4. The van der Waals surface area contributed by atoms with Crippen LogP contribution in [0.2, 0.25) is 0 Å². The van der Waals surface area contributed by atoms with Crippen LogP contribution in [0.25, 0.3) is 10.8 Å². The van der Waals surface area contributed by atoms with Gasteiger partial charge in [0.05, 0.1) is 32.4 Å². The number of benzene rings is 3. The van der Waals surface area contributed by atoms with Crippen molar-refractivity contribution >= 4 is 28.3 Å². The van der Waals surface area contributed by atoms with Crippen molar-refractivity contribution in [1.82, 2.24) is 10.3 Å². The molecule has 10 heteroatoms. The summed E-state index contributed by atoms with van der Waals surface area (Å²) in [4.78, 5) is 29.5. The number of aliphatic carboxylic acids is 1. The third-order valence-corrected chi connectivity index (χ3v) is 6.15. The zero-order valence-electron chi connectivity index (χ0n) is 20.8. The molecule has 1 amide bonds. The SMILES string of the molecule is COc1ccc(C(C(=O)N[C@H](CC(=O)O)c2ccccc2F)N(N)c2ccc3cnccc3c2)cc1OC. The molecular weight excluding hydrogens is 491 g/mol. The van der Waals surface area contributed by atoms with E-state index in [0.29, 0.717) is 22.7 Å². The van der Waals surface area contributed by atoms with Crippen LogP contribution in [0.1, 0.15) is 29.6 Å². The van der Waals surface area contributed by atoms with E-state index >= 15 is 0 Å². The standard InChI is InChI=1S/C28H27FN4O5/c1-37-24-10-8-18(14-25(24)38-2)27(33(30)20-9-7-19-16-31-12-11-17(19)13-20)28(36)32-23(15-26(34)35)21-5-3-4-6-22(21)29/h3-14,16,23,27H,15,30H2,1-2H3,(H,32,36)(H,34,35)/t23-,27?/m1/s1. The number of ether oxygens (including phenoxy) is 2. The molecular formula is C28H27FN4O5. The van der Waals surface area contributed by atoms with Gasteiger partial charge in [0.25, 0.3) is 0 Å². The number of nitrogens with zero attached hydrogens (tertiary/aromatic N) is 2. The van der Waals surface area contributed by atoms with E-state index in [-0.39, 0.29) is 5.56 Å². The fraction of sp³-hybridized carbons (Fsp3) is 0.179. The largest absolute Gasteiger partial charge is 0.493 e. The Morgan fingerprint density at radius 3 is 2.50 bits per heavy atom. The molecule has 4 aromatic rings. The van der Waals surface area contributed by atoms with Gasteiger partial charge in [0, 0.05) is 23.3 Å². The number of nitrogens with one attached hydrogen (secondary N) is 1. The van der Waals surface area contributed by atoms with Crippen molar-refractivity contribution < 1.29 is 28.6 Å². The van der Waals surface area contributed by atoms with Gasteiger partial charge in [-0.3, -0.25) is 19.6 Å². The molecule has 0 bridgehead atoms. The summed E-state index contributed by atoms with van der Waals surface area (Å²) >= 11 is 0. The van der Waals surface area contributed by atoms with Crippen LogP contribution >= 0.6 is 0 Å². The minimum absolute atomic E-state index is 0.0519. The van der Waals surface area contributed by atoms with Gasteiger partial charge < -0.3 is 19.9 Å². The second-order valence-electron chi connectivity index (χ2n) is 8.51. The Labute approximate surface area is 218 Å². The zero-order chi connectivity index (χ0) is 27.2. The number of methoxy groups -OCH3 is 2. The summed E-state index contributed by atoms with van der Waals surface area (Å²) in [5, 5.41) is 15.2. The number of carboxylic acids is 1. The lowest BCUT2D eigenvalue weighted by atomic mass is 10.00. The first-order valence-electron chi connectivity index (χ1n) is 11.7. The summed E-state index contributed by atoms with van der Waals surface area (Å²) in [5.41, 5.74) is 1.01. The van der Waals surface area contributed by atoms with E-state index in [1.807, 2.05) is 18.2 Å². The first kappa shape index (κ1) is 26.4. The molecule has 0 fully saturated rings. The number of hydrazine groups is 1. The predicted molar refractivity (Wildman–Crippen MR) is 140 cm³/mol. The number of hydrogen-bond acceptors (Lipinski definition) is 7. The van der Waals surface area contributed by atoms with Crippen molar-refractivity contribution in [2.24, 2.45) is 5.84 Å².